The third-order valence-electron chi connectivity index (χ3n) is 4.86. The van der Waals surface area contributed by atoms with E-state index in [0.717, 1.165) is 10.8 Å². The molecule has 1 saturated carbocycles. The fourth-order valence-corrected chi connectivity index (χ4v) is 4.37. The monoisotopic (exact) mass is 325 g/mol. The summed E-state index contributed by atoms with van der Waals surface area (Å²) in [6.45, 7) is 2.14. The van der Waals surface area contributed by atoms with Gasteiger partial charge in [0.25, 0.3) is 0 Å². The normalized spacial score (nSPS) is 16.1. The van der Waals surface area contributed by atoms with Crippen molar-refractivity contribution in [2.24, 2.45) is 7.05 Å². The van der Waals surface area contributed by atoms with E-state index < -0.39 is 0 Å². The van der Waals surface area contributed by atoms with Gasteiger partial charge in [0, 0.05) is 41.1 Å². The van der Waals surface area contributed by atoms with Gasteiger partial charge in [0.1, 0.15) is 0 Å². The summed E-state index contributed by atoms with van der Waals surface area (Å²) in [5.74, 6) is 0. The summed E-state index contributed by atoms with van der Waals surface area (Å²) in [6, 6.07) is 7.25. The lowest BCUT2D eigenvalue weighted by molar-refractivity contribution is 0.462. The third kappa shape index (κ3) is 2.88. The number of fused-ring (bicyclic) bond motifs is 1. The lowest BCUT2D eigenvalue weighted by Crippen LogP contribution is -2.21. The molecule has 4 rings (SSSR count). The lowest BCUT2D eigenvalue weighted by Gasteiger charge is -2.22. The topological polar surface area (TPSA) is 29.9 Å². The van der Waals surface area contributed by atoms with Gasteiger partial charge in [-0.3, -0.25) is 0 Å². The fraction of sp³-hybridized carbons (Fsp3) is 0.421. The Morgan fingerprint density at radius 2 is 2.04 bits per heavy atom. The highest BCUT2D eigenvalue weighted by molar-refractivity contribution is 7.14. The van der Waals surface area contributed by atoms with Gasteiger partial charge in [-0.05, 0) is 31.4 Å². The van der Waals surface area contributed by atoms with Crippen LogP contribution in [0.5, 0.6) is 0 Å². The number of anilines is 1. The Bertz CT molecular complexity index is 824. The van der Waals surface area contributed by atoms with Gasteiger partial charge >= 0.3 is 0 Å². The van der Waals surface area contributed by atoms with Crippen LogP contribution < -0.4 is 5.32 Å². The van der Waals surface area contributed by atoms with E-state index in [-0.39, 0.29) is 0 Å². The number of hydrogen-bond acceptors (Lipinski definition) is 3. The third-order valence-corrected chi connectivity index (χ3v) is 5.63. The number of aryl methyl sites for hydroxylation is 2. The maximum absolute atomic E-state index is 4.85. The van der Waals surface area contributed by atoms with Crippen LogP contribution in [0.25, 0.3) is 22.2 Å². The molecule has 3 aromatic rings. The Morgan fingerprint density at radius 1 is 1.22 bits per heavy atom. The van der Waals surface area contributed by atoms with E-state index in [0.29, 0.717) is 6.04 Å². The molecule has 120 valence electrons. The van der Waals surface area contributed by atoms with E-state index in [1.54, 1.807) is 11.3 Å². The van der Waals surface area contributed by atoms with E-state index in [2.05, 4.69) is 53.6 Å². The van der Waals surface area contributed by atoms with Gasteiger partial charge in [-0.1, -0.05) is 31.4 Å². The molecule has 1 aromatic carbocycles. The predicted molar refractivity (Wildman–Crippen MR) is 99.3 cm³/mol. The summed E-state index contributed by atoms with van der Waals surface area (Å²) in [4.78, 5) is 4.85. The first kappa shape index (κ1) is 14.8. The minimum atomic E-state index is 0.609. The van der Waals surface area contributed by atoms with Gasteiger partial charge in [-0.2, -0.15) is 0 Å². The molecule has 0 atom stereocenters. The van der Waals surface area contributed by atoms with E-state index in [1.807, 2.05) is 0 Å². The SMILES string of the molecule is Cc1ccc2c(-c3csc(NC4CCCCC4)n3)cn(C)c2c1. The van der Waals surface area contributed by atoms with Gasteiger partial charge in [-0.25, -0.2) is 4.98 Å². The summed E-state index contributed by atoms with van der Waals surface area (Å²) in [5.41, 5.74) is 4.89. The van der Waals surface area contributed by atoms with Crippen LogP contribution >= 0.6 is 11.3 Å². The Morgan fingerprint density at radius 3 is 2.87 bits per heavy atom. The fourth-order valence-electron chi connectivity index (χ4n) is 3.58. The molecular formula is C19H23N3S. The maximum Gasteiger partial charge on any atom is 0.183 e. The first-order chi connectivity index (χ1) is 11.2. The maximum atomic E-state index is 4.85. The average Bonchev–Trinajstić information content (AvgIpc) is 3.13. The van der Waals surface area contributed by atoms with Crippen molar-refractivity contribution >= 4 is 27.4 Å². The summed E-state index contributed by atoms with van der Waals surface area (Å²) < 4.78 is 2.20. The molecular weight excluding hydrogens is 302 g/mol. The largest absolute Gasteiger partial charge is 0.359 e. The Balaban J connectivity index is 1.63. The summed E-state index contributed by atoms with van der Waals surface area (Å²) in [6.07, 6.45) is 8.84. The van der Waals surface area contributed by atoms with Crippen molar-refractivity contribution in [3.63, 3.8) is 0 Å². The molecule has 1 N–H and O–H groups in total. The molecule has 0 bridgehead atoms. The molecule has 0 unspecified atom stereocenters. The zero-order chi connectivity index (χ0) is 15.8. The number of rotatable bonds is 3. The summed E-state index contributed by atoms with van der Waals surface area (Å²) in [5, 5.41) is 8.17. The second kappa shape index (κ2) is 6.00. The van der Waals surface area contributed by atoms with Gasteiger partial charge in [0.15, 0.2) is 5.13 Å². The molecule has 1 aliphatic rings. The second-order valence-electron chi connectivity index (χ2n) is 6.69. The number of hydrogen-bond donors (Lipinski definition) is 1. The summed E-state index contributed by atoms with van der Waals surface area (Å²) >= 11 is 1.73. The van der Waals surface area contributed by atoms with E-state index in [9.17, 15) is 0 Å². The number of benzene rings is 1. The Labute approximate surface area is 141 Å². The van der Waals surface area contributed by atoms with Crippen molar-refractivity contribution in [1.29, 1.82) is 0 Å². The molecule has 0 spiro atoms. The first-order valence-corrected chi connectivity index (χ1v) is 9.37. The van der Waals surface area contributed by atoms with Crippen molar-refractivity contribution in [2.45, 2.75) is 45.1 Å². The molecule has 23 heavy (non-hydrogen) atoms. The van der Waals surface area contributed by atoms with Gasteiger partial charge in [-0.15, -0.1) is 11.3 Å². The van der Waals surface area contributed by atoms with Gasteiger partial charge in [0.05, 0.1) is 5.69 Å². The van der Waals surface area contributed by atoms with E-state index >= 15 is 0 Å². The molecule has 0 saturated heterocycles. The molecule has 1 fully saturated rings. The highest BCUT2D eigenvalue weighted by Gasteiger charge is 2.16. The smallest absolute Gasteiger partial charge is 0.183 e. The zero-order valence-corrected chi connectivity index (χ0v) is 14.6. The number of nitrogens with zero attached hydrogens (tertiary/aromatic N) is 2. The van der Waals surface area contributed by atoms with Crippen LogP contribution in [0.4, 0.5) is 5.13 Å². The van der Waals surface area contributed by atoms with Crippen molar-refractivity contribution in [3.8, 4) is 11.3 Å². The molecule has 4 heteroatoms. The van der Waals surface area contributed by atoms with Crippen LogP contribution in [0.2, 0.25) is 0 Å². The first-order valence-electron chi connectivity index (χ1n) is 8.49. The highest BCUT2D eigenvalue weighted by atomic mass is 32.1. The molecule has 1 aliphatic carbocycles. The molecule has 2 aromatic heterocycles. The van der Waals surface area contributed by atoms with E-state index in [4.69, 9.17) is 4.98 Å². The van der Waals surface area contributed by atoms with Crippen LogP contribution in [-0.2, 0) is 7.05 Å². The van der Waals surface area contributed by atoms with Crippen LogP contribution in [0, 0.1) is 6.92 Å². The van der Waals surface area contributed by atoms with Gasteiger partial charge in [0.2, 0.25) is 0 Å². The van der Waals surface area contributed by atoms with Crippen LogP contribution in [-0.4, -0.2) is 15.6 Å². The van der Waals surface area contributed by atoms with E-state index in [1.165, 1.54) is 54.1 Å². The lowest BCUT2D eigenvalue weighted by atomic mass is 9.96. The minimum absolute atomic E-state index is 0.609. The quantitative estimate of drug-likeness (QED) is 0.703. The Hall–Kier alpha value is -1.81. The minimum Gasteiger partial charge on any atom is -0.359 e. The molecule has 2 heterocycles. The van der Waals surface area contributed by atoms with Crippen molar-refractivity contribution in [3.05, 3.63) is 35.3 Å². The molecule has 3 nitrogen and oxygen atoms in total. The van der Waals surface area contributed by atoms with Crippen LogP contribution in [0.3, 0.4) is 0 Å². The molecule has 0 aliphatic heterocycles. The van der Waals surface area contributed by atoms with Crippen LogP contribution in [0.15, 0.2) is 29.8 Å². The van der Waals surface area contributed by atoms with Crippen molar-refractivity contribution < 1.29 is 0 Å². The second-order valence-corrected chi connectivity index (χ2v) is 7.55. The van der Waals surface area contributed by atoms with Crippen LogP contribution in [0.1, 0.15) is 37.7 Å². The highest BCUT2D eigenvalue weighted by Crippen LogP contribution is 2.33. The average molecular weight is 325 g/mol. The number of thiazole rings is 1. The summed E-state index contributed by atoms with van der Waals surface area (Å²) in [7, 11) is 2.11. The zero-order valence-electron chi connectivity index (χ0n) is 13.8. The van der Waals surface area contributed by atoms with Gasteiger partial charge < -0.3 is 9.88 Å². The number of nitrogens with one attached hydrogen (secondary N) is 1. The molecule has 0 amide bonds. The molecule has 0 radical (unpaired) electrons. The predicted octanol–water partition coefficient (Wildman–Crippen LogP) is 5.35. The van der Waals surface area contributed by atoms with Crippen molar-refractivity contribution in [2.75, 3.05) is 5.32 Å². The standard InChI is InChI=1S/C19H23N3S/c1-13-8-9-15-16(11-22(2)18(15)10-13)17-12-23-19(21-17)20-14-6-4-3-5-7-14/h8-12,14H,3-7H2,1-2H3,(H,20,21). The Kier molecular flexibility index (Phi) is 3.85. The van der Waals surface area contributed by atoms with Crippen molar-refractivity contribution in [1.82, 2.24) is 9.55 Å². The number of aromatic nitrogens is 2.